The first-order valence-electron chi connectivity index (χ1n) is 9.66. The number of rotatable bonds is 7. The van der Waals surface area contributed by atoms with E-state index < -0.39 is 0 Å². The molecule has 0 aromatic heterocycles. The van der Waals surface area contributed by atoms with Crippen molar-refractivity contribution in [3.63, 3.8) is 0 Å². The number of anilines is 1. The maximum atomic E-state index is 12.8. The summed E-state index contributed by atoms with van der Waals surface area (Å²) in [6.07, 6.45) is 2.21. The third kappa shape index (κ3) is 4.59. The van der Waals surface area contributed by atoms with E-state index in [0.717, 1.165) is 25.1 Å². The van der Waals surface area contributed by atoms with Crippen molar-refractivity contribution in [2.75, 3.05) is 26.0 Å². The predicted octanol–water partition coefficient (Wildman–Crippen LogP) is 4.17. The highest BCUT2D eigenvalue weighted by molar-refractivity contribution is 6.33. The summed E-state index contributed by atoms with van der Waals surface area (Å²) in [5.74, 6) is 0.341. The predicted molar refractivity (Wildman–Crippen MR) is 114 cm³/mol. The van der Waals surface area contributed by atoms with E-state index in [1.807, 2.05) is 6.07 Å². The normalized spacial score (nSPS) is 19.4. The first-order chi connectivity index (χ1) is 13.5. The van der Waals surface area contributed by atoms with Gasteiger partial charge in [0.15, 0.2) is 0 Å². The lowest BCUT2D eigenvalue weighted by Gasteiger charge is -2.28. The molecule has 0 spiro atoms. The van der Waals surface area contributed by atoms with Gasteiger partial charge in [-0.1, -0.05) is 41.9 Å². The van der Waals surface area contributed by atoms with Gasteiger partial charge in [-0.2, -0.15) is 0 Å². The van der Waals surface area contributed by atoms with Gasteiger partial charge in [0.05, 0.1) is 23.4 Å². The van der Waals surface area contributed by atoms with Gasteiger partial charge in [0.2, 0.25) is 0 Å². The van der Waals surface area contributed by atoms with Crippen molar-refractivity contribution in [1.82, 2.24) is 10.2 Å². The van der Waals surface area contributed by atoms with Gasteiger partial charge in [-0.15, -0.1) is 0 Å². The number of ether oxygens (including phenoxy) is 1. The number of nitrogens with zero attached hydrogens (tertiary/aromatic N) is 1. The number of carbonyl (C=O) groups excluding carboxylic acids is 1. The van der Waals surface area contributed by atoms with Gasteiger partial charge in [-0.05, 0) is 31.4 Å². The van der Waals surface area contributed by atoms with Crippen LogP contribution < -0.4 is 15.4 Å². The Kier molecular flexibility index (Phi) is 6.81. The van der Waals surface area contributed by atoms with Crippen LogP contribution in [0.5, 0.6) is 5.75 Å². The molecule has 1 aliphatic rings. The zero-order valence-corrected chi connectivity index (χ0v) is 17.4. The van der Waals surface area contributed by atoms with E-state index in [4.69, 9.17) is 16.3 Å². The summed E-state index contributed by atoms with van der Waals surface area (Å²) < 4.78 is 5.38. The Balaban J connectivity index is 1.67. The van der Waals surface area contributed by atoms with E-state index in [0.29, 0.717) is 35.0 Å². The largest absolute Gasteiger partial charge is 0.496 e. The molecule has 1 amide bonds. The van der Waals surface area contributed by atoms with Gasteiger partial charge in [-0.25, -0.2) is 0 Å². The summed E-state index contributed by atoms with van der Waals surface area (Å²) in [6, 6.07) is 14.7. The molecule has 3 rings (SSSR count). The van der Waals surface area contributed by atoms with Crippen molar-refractivity contribution >= 4 is 23.2 Å². The Morgan fingerprint density at radius 2 is 2.00 bits per heavy atom. The summed E-state index contributed by atoms with van der Waals surface area (Å²) in [4.78, 5) is 15.3. The van der Waals surface area contributed by atoms with E-state index in [1.54, 1.807) is 26.3 Å². The molecule has 1 aliphatic heterocycles. The van der Waals surface area contributed by atoms with Crippen LogP contribution in [0.4, 0.5) is 5.69 Å². The molecule has 150 valence electrons. The molecule has 1 fully saturated rings. The van der Waals surface area contributed by atoms with Crippen LogP contribution >= 0.6 is 11.6 Å². The van der Waals surface area contributed by atoms with Crippen molar-refractivity contribution in [2.24, 2.45) is 0 Å². The molecule has 0 radical (unpaired) electrons. The maximum absolute atomic E-state index is 12.8. The molecule has 2 N–H and O–H groups in total. The highest BCUT2D eigenvalue weighted by Gasteiger charge is 2.31. The summed E-state index contributed by atoms with van der Waals surface area (Å²) in [5.41, 5.74) is 2.48. The lowest BCUT2D eigenvalue weighted by molar-refractivity contribution is 0.0931. The first kappa shape index (κ1) is 20.5. The van der Waals surface area contributed by atoms with Gasteiger partial charge in [0, 0.05) is 38.3 Å². The minimum Gasteiger partial charge on any atom is -0.496 e. The van der Waals surface area contributed by atoms with Crippen molar-refractivity contribution in [2.45, 2.75) is 38.4 Å². The second-order valence-electron chi connectivity index (χ2n) is 7.23. The van der Waals surface area contributed by atoms with Crippen LogP contribution in [0.3, 0.4) is 0 Å². The minimum atomic E-state index is -0.166. The van der Waals surface area contributed by atoms with Crippen LogP contribution in [0, 0.1) is 0 Å². The summed E-state index contributed by atoms with van der Waals surface area (Å²) in [6.45, 7) is 3.75. The highest BCUT2D eigenvalue weighted by Crippen LogP contribution is 2.31. The fraction of sp³-hybridized carbons (Fsp3) is 0.409. The Labute approximate surface area is 172 Å². The molecule has 28 heavy (non-hydrogen) atoms. The van der Waals surface area contributed by atoms with Crippen molar-refractivity contribution in [3.8, 4) is 5.75 Å². The molecule has 1 saturated heterocycles. The molecule has 2 unspecified atom stereocenters. The van der Waals surface area contributed by atoms with E-state index in [-0.39, 0.29) is 5.91 Å². The number of carbonyl (C=O) groups is 1. The molecular formula is C22H28ClN3O2. The number of hydrogen-bond donors (Lipinski definition) is 2. The average Bonchev–Trinajstić information content (AvgIpc) is 3.06. The Hall–Kier alpha value is -2.24. The molecule has 5 nitrogen and oxygen atoms in total. The monoisotopic (exact) mass is 401 g/mol. The Morgan fingerprint density at radius 1 is 1.25 bits per heavy atom. The number of halogens is 1. The van der Waals surface area contributed by atoms with E-state index in [9.17, 15) is 4.79 Å². The van der Waals surface area contributed by atoms with Crippen molar-refractivity contribution < 1.29 is 9.53 Å². The van der Waals surface area contributed by atoms with Crippen LogP contribution in [0.25, 0.3) is 0 Å². The maximum Gasteiger partial charge on any atom is 0.255 e. The van der Waals surface area contributed by atoms with Crippen LogP contribution in [-0.2, 0) is 6.54 Å². The number of hydrogen-bond acceptors (Lipinski definition) is 4. The lowest BCUT2D eigenvalue weighted by Crippen LogP contribution is -2.42. The molecule has 6 heteroatoms. The molecule has 1 heterocycles. The fourth-order valence-corrected chi connectivity index (χ4v) is 4.08. The zero-order chi connectivity index (χ0) is 20.1. The number of benzene rings is 2. The van der Waals surface area contributed by atoms with E-state index in [2.05, 4.69) is 46.7 Å². The van der Waals surface area contributed by atoms with Crippen LogP contribution in [0.15, 0.2) is 42.5 Å². The molecule has 2 atom stereocenters. The average molecular weight is 402 g/mol. The van der Waals surface area contributed by atoms with E-state index >= 15 is 0 Å². The Bertz CT molecular complexity index is 813. The second kappa shape index (κ2) is 9.30. The molecule has 0 aliphatic carbocycles. The van der Waals surface area contributed by atoms with Crippen LogP contribution in [0.2, 0.25) is 5.02 Å². The van der Waals surface area contributed by atoms with Crippen molar-refractivity contribution in [1.29, 1.82) is 0 Å². The third-order valence-corrected chi connectivity index (χ3v) is 5.77. The fourth-order valence-electron chi connectivity index (χ4n) is 3.82. The zero-order valence-electron chi connectivity index (χ0n) is 16.7. The summed E-state index contributed by atoms with van der Waals surface area (Å²) >= 11 is 6.26. The van der Waals surface area contributed by atoms with Crippen LogP contribution in [0.1, 0.15) is 35.7 Å². The topological polar surface area (TPSA) is 53.6 Å². The smallest absolute Gasteiger partial charge is 0.255 e. The number of likely N-dealkylation sites (tertiary alicyclic amines) is 1. The minimum absolute atomic E-state index is 0.166. The summed E-state index contributed by atoms with van der Waals surface area (Å²) in [5, 5.41) is 6.57. The standard InChI is InChI=1S/C22H28ClN3O2/c1-15-9-10-17(26(15)14-16-7-5-4-6-8-16)13-25-22(27)18-11-19(23)20(24-2)12-21(18)28-3/h4-8,11-12,15,17,24H,9-10,13-14H2,1-3H3,(H,25,27). The molecule has 0 bridgehead atoms. The molecular weight excluding hydrogens is 374 g/mol. The SMILES string of the molecule is CNc1cc(OC)c(C(=O)NCC2CCC(C)N2Cc2ccccc2)cc1Cl. The molecule has 2 aromatic rings. The van der Waals surface area contributed by atoms with Gasteiger partial charge < -0.3 is 15.4 Å². The molecule has 0 saturated carbocycles. The number of methoxy groups -OCH3 is 1. The quantitative estimate of drug-likeness (QED) is 0.731. The Morgan fingerprint density at radius 3 is 2.68 bits per heavy atom. The molecule has 2 aromatic carbocycles. The van der Waals surface area contributed by atoms with Crippen LogP contribution in [-0.4, -0.2) is 43.6 Å². The number of amides is 1. The van der Waals surface area contributed by atoms with Gasteiger partial charge >= 0.3 is 0 Å². The summed E-state index contributed by atoms with van der Waals surface area (Å²) in [7, 11) is 3.34. The second-order valence-corrected chi connectivity index (χ2v) is 7.64. The third-order valence-electron chi connectivity index (χ3n) is 5.46. The van der Waals surface area contributed by atoms with Gasteiger partial charge in [0.25, 0.3) is 5.91 Å². The lowest BCUT2D eigenvalue weighted by atomic mass is 10.1. The first-order valence-corrected chi connectivity index (χ1v) is 10.0. The van der Waals surface area contributed by atoms with Gasteiger partial charge in [0.1, 0.15) is 5.75 Å². The van der Waals surface area contributed by atoms with Gasteiger partial charge in [-0.3, -0.25) is 9.69 Å². The highest BCUT2D eigenvalue weighted by atomic mass is 35.5. The van der Waals surface area contributed by atoms with E-state index in [1.165, 1.54) is 5.56 Å². The van der Waals surface area contributed by atoms with Crippen molar-refractivity contribution in [3.05, 3.63) is 58.6 Å². The number of nitrogens with one attached hydrogen (secondary N) is 2.